The third-order valence-electron chi connectivity index (χ3n) is 5.90. The highest BCUT2D eigenvalue weighted by molar-refractivity contribution is 6.30. The first-order valence-electron chi connectivity index (χ1n) is 10.2. The van der Waals surface area contributed by atoms with Gasteiger partial charge in [0.2, 0.25) is 5.91 Å². The number of piperazine rings is 1. The molecule has 2 heterocycles. The van der Waals surface area contributed by atoms with Gasteiger partial charge in [0.15, 0.2) is 0 Å². The van der Waals surface area contributed by atoms with Crippen molar-refractivity contribution in [2.45, 2.75) is 26.2 Å². The lowest BCUT2D eigenvalue weighted by molar-refractivity contribution is -0.134. The van der Waals surface area contributed by atoms with Gasteiger partial charge in [-0.25, -0.2) is 0 Å². The van der Waals surface area contributed by atoms with E-state index < -0.39 is 0 Å². The van der Waals surface area contributed by atoms with Gasteiger partial charge in [0.25, 0.3) is 0 Å². The van der Waals surface area contributed by atoms with Crippen LogP contribution in [0.1, 0.15) is 26.2 Å². The molecule has 1 aromatic carbocycles. The molecule has 2 aliphatic heterocycles. The van der Waals surface area contributed by atoms with E-state index in [0.717, 1.165) is 56.6 Å². The van der Waals surface area contributed by atoms with Crippen molar-refractivity contribution in [2.75, 3.05) is 52.4 Å². The van der Waals surface area contributed by atoms with Gasteiger partial charge in [-0.2, -0.15) is 0 Å². The molecule has 1 N–H and O–H groups in total. The maximum Gasteiger partial charge on any atom is 0.222 e. The standard InChI is InChI=1S/C21H32ClN3O2.2ClH/c1-17(18-6-8-23-9-7-18)16-21(26)25-12-10-24(11-13-25)14-15-27-20-4-2-19(22)3-5-20;;/h2-5,17-18,23H,6-16H2,1H3;2*1H. The van der Waals surface area contributed by atoms with Crippen LogP contribution in [0.15, 0.2) is 24.3 Å². The minimum absolute atomic E-state index is 0. The Bertz CT molecular complexity index is 589. The van der Waals surface area contributed by atoms with Crippen molar-refractivity contribution in [2.24, 2.45) is 11.8 Å². The SMILES string of the molecule is CC(CC(=O)N1CCN(CCOc2ccc(Cl)cc2)CC1)C1CCNCC1.Cl.Cl. The predicted molar refractivity (Wildman–Crippen MR) is 124 cm³/mol. The summed E-state index contributed by atoms with van der Waals surface area (Å²) in [5.74, 6) is 2.37. The Kier molecular flexibility index (Phi) is 12.3. The summed E-state index contributed by atoms with van der Waals surface area (Å²) in [6, 6.07) is 7.46. The number of benzene rings is 1. The van der Waals surface area contributed by atoms with Gasteiger partial charge in [0, 0.05) is 44.2 Å². The van der Waals surface area contributed by atoms with E-state index in [1.54, 1.807) is 0 Å². The summed E-state index contributed by atoms with van der Waals surface area (Å²) in [5, 5.41) is 4.12. The smallest absolute Gasteiger partial charge is 0.222 e. The Labute approximate surface area is 192 Å². The van der Waals surface area contributed by atoms with Gasteiger partial charge in [0.05, 0.1) is 0 Å². The number of rotatable bonds is 7. The summed E-state index contributed by atoms with van der Waals surface area (Å²) < 4.78 is 5.77. The fourth-order valence-corrected chi connectivity index (χ4v) is 4.15. The molecule has 0 radical (unpaired) electrons. The van der Waals surface area contributed by atoms with E-state index in [1.807, 2.05) is 29.2 Å². The molecule has 1 atom stereocenters. The average Bonchev–Trinajstić information content (AvgIpc) is 2.70. The molecule has 3 rings (SSSR count). The van der Waals surface area contributed by atoms with Crippen LogP contribution in [0.2, 0.25) is 5.02 Å². The number of hydrogen-bond acceptors (Lipinski definition) is 4. The maximum atomic E-state index is 12.6. The number of carbonyl (C=O) groups is 1. The van der Waals surface area contributed by atoms with Gasteiger partial charge in [-0.05, 0) is 62.0 Å². The van der Waals surface area contributed by atoms with E-state index in [0.29, 0.717) is 30.8 Å². The molecule has 2 fully saturated rings. The van der Waals surface area contributed by atoms with E-state index >= 15 is 0 Å². The summed E-state index contributed by atoms with van der Waals surface area (Å²) in [6.45, 7) is 9.50. The van der Waals surface area contributed by atoms with Crippen molar-refractivity contribution in [1.82, 2.24) is 15.1 Å². The van der Waals surface area contributed by atoms with Gasteiger partial charge in [-0.3, -0.25) is 9.69 Å². The van der Waals surface area contributed by atoms with E-state index in [2.05, 4.69) is 17.1 Å². The first-order valence-corrected chi connectivity index (χ1v) is 10.6. The molecule has 5 nitrogen and oxygen atoms in total. The average molecular weight is 467 g/mol. The quantitative estimate of drug-likeness (QED) is 0.665. The lowest BCUT2D eigenvalue weighted by atomic mass is 9.84. The highest BCUT2D eigenvalue weighted by atomic mass is 35.5. The van der Waals surface area contributed by atoms with Crippen molar-refractivity contribution < 1.29 is 9.53 Å². The van der Waals surface area contributed by atoms with Crippen LogP contribution in [0.25, 0.3) is 0 Å². The number of halogens is 3. The fraction of sp³-hybridized carbons (Fsp3) is 0.667. The van der Waals surface area contributed by atoms with Gasteiger partial charge in [-0.15, -0.1) is 24.8 Å². The molecule has 0 aromatic heterocycles. The molecular formula is C21H34Cl3N3O2. The van der Waals surface area contributed by atoms with Gasteiger partial charge >= 0.3 is 0 Å². The number of piperidine rings is 1. The van der Waals surface area contributed by atoms with Crippen LogP contribution in [-0.4, -0.2) is 68.1 Å². The molecule has 1 aromatic rings. The molecule has 29 heavy (non-hydrogen) atoms. The van der Waals surface area contributed by atoms with Crippen LogP contribution in [0.3, 0.4) is 0 Å². The molecule has 1 amide bonds. The molecule has 8 heteroatoms. The van der Waals surface area contributed by atoms with Crippen LogP contribution < -0.4 is 10.1 Å². The van der Waals surface area contributed by atoms with E-state index in [1.165, 1.54) is 12.8 Å². The molecule has 1 unspecified atom stereocenters. The molecular weight excluding hydrogens is 433 g/mol. The molecule has 0 saturated carbocycles. The van der Waals surface area contributed by atoms with E-state index in [4.69, 9.17) is 16.3 Å². The fourth-order valence-electron chi connectivity index (χ4n) is 4.03. The number of ether oxygens (including phenoxy) is 1. The van der Waals surface area contributed by atoms with Crippen LogP contribution in [0.4, 0.5) is 0 Å². The first-order chi connectivity index (χ1) is 13.1. The third-order valence-corrected chi connectivity index (χ3v) is 6.15. The number of nitrogens with one attached hydrogen (secondary N) is 1. The molecule has 2 saturated heterocycles. The minimum atomic E-state index is 0. The van der Waals surface area contributed by atoms with E-state index in [-0.39, 0.29) is 24.8 Å². The second-order valence-corrected chi connectivity index (χ2v) is 8.23. The van der Waals surface area contributed by atoms with Crippen LogP contribution in [0.5, 0.6) is 5.75 Å². The topological polar surface area (TPSA) is 44.8 Å². The van der Waals surface area contributed by atoms with Gasteiger partial charge in [0.1, 0.15) is 12.4 Å². The Balaban J connectivity index is 0.00000210. The van der Waals surface area contributed by atoms with Crippen molar-refractivity contribution in [3.8, 4) is 5.75 Å². The molecule has 0 aliphatic carbocycles. The molecule has 2 aliphatic rings. The second-order valence-electron chi connectivity index (χ2n) is 7.79. The summed E-state index contributed by atoms with van der Waals surface area (Å²) in [5.41, 5.74) is 0. The normalized spacial score (nSPS) is 19.0. The zero-order valence-electron chi connectivity index (χ0n) is 17.1. The van der Waals surface area contributed by atoms with Crippen LogP contribution in [-0.2, 0) is 4.79 Å². The Morgan fingerprint density at radius 2 is 1.76 bits per heavy atom. The molecule has 166 valence electrons. The summed E-state index contributed by atoms with van der Waals surface area (Å²) in [4.78, 5) is 17.1. The number of hydrogen-bond donors (Lipinski definition) is 1. The lowest BCUT2D eigenvalue weighted by Gasteiger charge is -2.36. The van der Waals surface area contributed by atoms with E-state index in [9.17, 15) is 4.79 Å². The van der Waals surface area contributed by atoms with Crippen LogP contribution in [0, 0.1) is 11.8 Å². The van der Waals surface area contributed by atoms with Gasteiger partial charge < -0.3 is 15.0 Å². The lowest BCUT2D eigenvalue weighted by Crippen LogP contribution is -2.50. The molecule has 0 spiro atoms. The largest absolute Gasteiger partial charge is 0.492 e. The van der Waals surface area contributed by atoms with Crippen molar-refractivity contribution in [3.05, 3.63) is 29.3 Å². The third kappa shape index (κ3) is 8.50. The highest BCUT2D eigenvalue weighted by Crippen LogP contribution is 2.25. The van der Waals surface area contributed by atoms with Crippen molar-refractivity contribution in [1.29, 1.82) is 0 Å². The summed E-state index contributed by atoms with van der Waals surface area (Å²) in [7, 11) is 0. The van der Waals surface area contributed by atoms with Gasteiger partial charge in [-0.1, -0.05) is 18.5 Å². The second kappa shape index (κ2) is 13.6. The predicted octanol–water partition coefficient (Wildman–Crippen LogP) is 3.73. The highest BCUT2D eigenvalue weighted by Gasteiger charge is 2.26. The monoisotopic (exact) mass is 465 g/mol. The van der Waals surface area contributed by atoms with Crippen molar-refractivity contribution >= 4 is 42.3 Å². The summed E-state index contributed by atoms with van der Waals surface area (Å²) in [6.07, 6.45) is 3.11. The zero-order valence-corrected chi connectivity index (χ0v) is 19.5. The Morgan fingerprint density at radius 3 is 2.38 bits per heavy atom. The number of nitrogens with zero attached hydrogens (tertiary/aromatic N) is 2. The van der Waals surface area contributed by atoms with Crippen molar-refractivity contribution in [3.63, 3.8) is 0 Å². The minimum Gasteiger partial charge on any atom is -0.492 e. The maximum absolute atomic E-state index is 12.6. The number of carbonyl (C=O) groups excluding carboxylic acids is 1. The Morgan fingerprint density at radius 1 is 1.14 bits per heavy atom. The summed E-state index contributed by atoms with van der Waals surface area (Å²) >= 11 is 5.88. The van der Waals surface area contributed by atoms with Crippen LogP contribution >= 0.6 is 36.4 Å². The number of amides is 1. The zero-order chi connectivity index (χ0) is 19.1. The molecule has 0 bridgehead atoms. The Hall–Kier alpha value is -0.720. The first kappa shape index (κ1) is 26.3.